The third kappa shape index (κ3) is 3.20. The van der Waals surface area contributed by atoms with Crippen molar-refractivity contribution < 1.29 is 44.3 Å². The number of esters is 2. The van der Waals surface area contributed by atoms with Gasteiger partial charge in [-0.3, -0.25) is 9.59 Å². The van der Waals surface area contributed by atoms with Gasteiger partial charge in [-0.25, -0.2) is 9.59 Å². The van der Waals surface area contributed by atoms with Crippen LogP contribution in [-0.4, -0.2) is 68.3 Å². The topological polar surface area (TPSA) is 158 Å². The second-order valence-corrected chi connectivity index (χ2v) is 3.83. The number of carbonyl (C=O) groups excluding carboxylic acids is 4. The molecule has 0 radical (unpaired) electrons. The number of carbonyl (C=O) groups is 4. The Morgan fingerprint density at radius 3 is 1.26 bits per heavy atom. The minimum atomic E-state index is -2.98. The molecule has 0 spiro atoms. The van der Waals surface area contributed by atoms with Crippen LogP contribution < -0.4 is 0 Å². The summed E-state index contributed by atoms with van der Waals surface area (Å²) in [6, 6.07) is 0. The average molecular weight is 278 g/mol. The van der Waals surface area contributed by atoms with E-state index >= 15 is 0 Å². The average Bonchev–Trinajstić information content (AvgIpc) is 2.35. The van der Waals surface area contributed by atoms with Crippen molar-refractivity contribution in [2.45, 2.75) is 25.0 Å². The van der Waals surface area contributed by atoms with Crippen LogP contribution in [-0.2, 0) is 23.9 Å². The largest absolute Gasteiger partial charge is 0.392 e. The highest BCUT2D eigenvalue weighted by Crippen LogP contribution is 2.13. The van der Waals surface area contributed by atoms with Crippen LogP contribution in [0, 0.1) is 0 Å². The monoisotopic (exact) mass is 278 g/mol. The third-order valence-corrected chi connectivity index (χ3v) is 2.48. The number of Topliss-reactive ketones (excluding diaryl/α,β-unsaturated/α-hetero) is 2. The fourth-order valence-electron chi connectivity index (χ4n) is 0.892. The van der Waals surface area contributed by atoms with Crippen molar-refractivity contribution in [2.75, 3.05) is 13.2 Å². The summed E-state index contributed by atoms with van der Waals surface area (Å²) in [5.41, 5.74) is -5.97. The van der Waals surface area contributed by atoms with Crippen molar-refractivity contribution >= 4 is 23.5 Å². The summed E-state index contributed by atoms with van der Waals surface area (Å²) in [5, 5.41) is 36.4. The van der Waals surface area contributed by atoms with E-state index in [1.807, 2.05) is 0 Å². The van der Waals surface area contributed by atoms with Gasteiger partial charge >= 0.3 is 11.9 Å². The van der Waals surface area contributed by atoms with Crippen LogP contribution in [0.4, 0.5) is 0 Å². The normalized spacial score (nSPS) is 16.9. The zero-order valence-electron chi connectivity index (χ0n) is 10.2. The van der Waals surface area contributed by atoms with Gasteiger partial charge in [-0.15, -0.1) is 0 Å². The van der Waals surface area contributed by atoms with Crippen molar-refractivity contribution in [1.29, 1.82) is 0 Å². The number of ketones is 2. The van der Waals surface area contributed by atoms with Crippen LogP contribution in [0.1, 0.15) is 13.8 Å². The highest BCUT2D eigenvalue weighted by molar-refractivity contribution is 6.13. The molecule has 0 bridgehead atoms. The quantitative estimate of drug-likeness (QED) is 0.288. The Morgan fingerprint density at radius 1 is 0.842 bits per heavy atom. The lowest BCUT2D eigenvalue weighted by atomic mass is 9.99. The molecule has 2 atom stereocenters. The predicted molar refractivity (Wildman–Crippen MR) is 56.5 cm³/mol. The lowest BCUT2D eigenvalue weighted by Crippen LogP contribution is -2.55. The van der Waals surface area contributed by atoms with Crippen molar-refractivity contribution in [1.82, 2.24) is 0 Å². The van der Waals surface area contributed by atoms with E-state index in [0.717, 1.165) is 13.8 Å². The van der Waals surface area contributed by atoms with E-state index in [9.17, 15) is 29.4 Å². The van der Waals surface area contributed by atoms with Gasteiger partial charge in [0.05, 0.1) is 13.2 Å². The van der Waals surface area contributed by atoms with Gasteiger partial charge in [0.25, 0.3) is 0 Å². The van der Waals surface area contributed by atoms with E-state index in [0.29, 0.717) is 0 Å². The van der Waals surface area contributed by atoms with Crippen molar-refractivity contribution in [3.8, 4) is 0 Å². The Hall–Kier alpha value is -1.68. The second-order valence-electron chi connectivity index (χ2n) is 3.83. The van der Waals surface area contributed by atoms with Crippen LogP contribution in [0.2, 0.25) is 0 Å². The first-order valence-corrected chi connectivity index (χ1v) is 5.01. The van der Waals surface area contributed by atoms with E-state index < -0.39 is 47.9 Å². The van der Waals surface area contributed by atoms with Gasteiger partial charge in [-0.05, 0) is 13.8 Å². The Labute approximate surface area is 107 Å². The van der Waals surface area contributed by atoms with E-state index in [1.165, 1.54) is 0 Å². The van der Waals surface area contributed by atoms with Gasteiger partial charge < -0.3 is 25.2 Å². The summed E-state index contributed by atoms with van der Waals surface area (Å²) in [6.07, 6.45) is 0. The first kappa shape index (κ1) is 17.3. The molecule has 0 aliphatic rings. The smallest absolute Gasteiger partial charge is 0.356 e. The molecule has 9 heteroatoms. The maximum absolute atomic E-state index is 11.4. The summed E-state index contributed by atoms with van der Waals surface area (Å²) in [5.74, 6) is -6.13. The molecule has 0 aliphatic heterocycles. The molecule has 0 aliphatic carbocycles. The minimum Gasteiger partial charge on any atom is -0.392 e. The number of hydrogen-bond acceptors (Lipinski definition) is 9. The van der Waals surface area contributed by atoms with Crippen LogP contribution >= 0.6 is 0 Å². The number of aliphatic hydroxyl groups is 4. The molecule has 0 saturated carbocycles. The summed E-state index contributed by atoms with van der Waals surface area (Å²) < 4.78 is 3.95. The maximum atomic E-state index is 11.4. The molecule has 0 aromatic heterocycles. The highest BCUT2D eigenvalue weighted by atomic mass is 16.6. The summed E-state index contributed by atoms with van der Waals surface area (Å²) in [4.78, 5) is 44.7. The van der Waals surface area contributed by atoms with Crippen LogP contribution in [0.3, 0.4) is 0 Å². The van der Waals surface area contributed by atoms with Gasteiger partial charge in [-0.2, -0.15) is 0 Å². The summed E-state index contributed by atoms with van der Waals surface area (Å²) >= 11 is 0. The molecule has 0 rings (SSSR count). The Morgan fingerprint density at radius 2 is 1.11 bits per heavy atom. The summed E-state index contributed by atoms with van der Waals surface area (Å²) in [6.45, 7) is -1.20. The van der Waals surface area contributed by atoms with Gasteiger partial charge in [0.1, 0.15) is 0 Å². The number of rotatable bonds is 6. The fraction of sp³-hybridized carbons (Fsp3) is 0.600. The first-order valence-electron chi connectivity index (χ1n) is 5.01. The zero-order valence-corrected chi connectivity index (χ0v) is 10.2. The second kappa shape index (κ2) is 5.97. The molecule has 0 aromatic rings. The van der Waals surface area contributed by atoms with Crippen LogP contribution in [0.15, 0.2) is 0 Å². The third-order valence-electron chi connectivity index (χ3n) is 2.48. The molecular formula is C10H14O9. The van der Waals surface area contributed by atoms with Gasteiger partial charge in [0.2, 0.25) is 11.2 Å². The molecule has 2 unspecified atom stereocenters. The fourth-order valence-corrected chi connectivity index (χ4v) is 0.892. The zero-order chi connectivity index (χ0) is 15.4. The standard InChI is InChI=1S/C10H14O9/c1-5(13)9(17,3-11)7(15)19-8(16)10(18,4-12)6(2)14/h11-12,17-18H,3-4H2,1-2H3. The molecule has 0 saturated heterocycles. The van der Waals surface area contributed by atoms with Crippen molar-refractivity contribution in [3.63, 3.8) is 0 Å². The minimum absolute atomic E-state index is 0.755. The van der Waals surface area contributed by atoms with E-state index in [2.05, 4.69) is 4.74 Å². The SMILES string of the molecule is CC(=O)C(O)(CO)C(=O)OC(=O)C(O)(CO)C(C)=O. The van der Waals surface area contributed by atoms with E-state index in [1.54, 1.807) is 0 Å². The van der Waals surface area contributed by atoms with Gasteiger partial charge in [0.15, 0.2) is 11.6 Å². The lowest BCUT2D eigenvalue weighted by Gasteiger charge is -2.23. The van der Waals surface area contributed by atoms with E-state index in [-0.39, 0.29) is 0 Å². The van der Waals surface area contributed by atoms with Crippen molar-refractivity contribution in [3.05, 3.63) is 0 Å². The molecule has 9 nitrogen and oxygen atoms in total. The Kier molecular flexibility index (Phi) is 5.45. The Balaban J connectivity index is 5.17. The Bertz CT molecular complexity index is 377. The molecule has 0 aromatic carbocycles. The van der Waals surface area contributed by atoms with E-state index in [4.69, 9.17) is 10.2 Å². The number of ether oxygens (including phenoxy) is 1. The molecule has 19 heavy (non-hydrogen) atoms. The number of aliphatic hydroxyl groups excluding tert-OH is 2. The van der Waals surface area contributed by atoms with Gasteiger partial charge in [-0.1, -0.05) is 0 Å². The molecular weight excluding hydrogens is 264 g/mol. The predicted octanol–water partition coefficient (Wildman–Crippen LogP) is -3.32. The number of hydrogen-bond donors (Lipinski definition) is 4. The molecule has 108 valence electrons. The first-order chi connectivity index (χ1) is 8.56. The molecule has 0 amide bonds. The molecule has 4 N–H and O–H groups in total. The lowest BCUT2D eigenvalue weighted by molar-refractivity contribution is -0.190. The van der Waals surface area contributed by atoms with Gasteiger partial charge in [0, 0.05) is 0 Å². The van der Waals surface area contributed by atoms with Crippen LogP contribution in [0.25, 0.3) is 0 Å². The van der Waals surface area contributed by atoms with Crippen molar-refractivity contribution in [2.24, 2.45) is 0 Å². The molecule has 0 fully saturated rings. The van der Waals surface area contributed by atoms with Crippen LogP contribution in [0.5, 0.6) is 0 Å². The summed E-state index contributed by atoms with van der Waals surface area (Å²) in [7, 11) is 0. The highest BCUT2D eigenvalue weighted by Gasteiger charge is 2.49. The molecule has 0 heterocycles. The maximum Gasteiger partial charge on any atom is 0.356 e.